The van der Waals surface area contributed by atoms with Gasteiger partial charge in [-0.3, -0.25) is 4.79 Å². The van der Waals surface area contributed by atoms with E-state index in [1.165, 1.54) is 69.7 Å². The molecule has 0 spiro atoms. The fourth-order valence-electron chi connectivity index (χ4n) is 6.48. The van der Waals surface area contributed by atoms with Gasteiger partial charge in [-0.15, -0.1) is 0 Å². The van der Waals surface area contributed by atoms with Gasteiger partial charge in [-0.1, -0.05) is 83.3 Å². The monoisotopic (exact) mass is 866 g/mol. The fourth-order valence-corrected chi connectivity index (χ4v) is 6.48. The SMILES string of the molecule is CCCCCCCCCCCCC(OCc1ccc(OCCCC(F)(F)C(F)(F)C(F)(F)C(F)(F)C(F)(F)C(F)(F)F)cc1)C1CC[C@@H]([C@H](O)CCCOC(C)=O)O1. The van der Waals surface area contributed by atoms with Crippen LogP contribution in [0.25, 0.3) is 0 Å². The molecule has 2 rings (SSSR count). The first-order chi connectivity index (χ1) is 26.9. The van der Waals surface area contributed by atoms with E-state index in [0.29, 0.717) is 37.7 Å². The maximum absolute atomic E-state index is 14.1. The normalized spacial score (nSPS) is 18.3. The second-order valence-corrected chi connectivity index (χ2v) is 14.8. The Kier molecular flexibility index (Phi) is 20.4. The molecule has 0 aliphatic carbocycles. The Morgan fingerprint density at radius 1 is 0.690 bits per heavy atom. The van der Waals surface area contributed by atoms with Crippen LogP contribution in [0.5, 0.6) is 5.75 Å². The number of rotatable bonds is 29. The number of hydrogen-bond acceptors (Lipinski definition) is 6. The minimum atomic E-state index is -7.93. The average Bonchev–Trinajstić information content (AvgIpc) is 3.64. The van der Waals surface area contributed by atoms with Crippen molar-refractivity contribution in [3.05, 3.63) is 29.8 Å². The number of hydrogen-bond donors (Lipinski definition) is 1. The van der Waals surface area contributed by atoms with Crippen LogP contribution in [0.3, 0.4) is 0 Å². The molecule has 0 saturated carbocycles. The van der Waals surface area contributed by atoms with Gasteiger partial charge in [0.1, 0.15) is 5.75 Å². The van der Waals surface area contributed by atoms with Crippen molar-refractivity contribution in [3.8, 4) is 5.75 Å². The first-order valence-corrected chi connectivity index (χ1v) is 19.7. The zero-order chi connectivity index (χ0) is 43.8. The summed E-state index contributed by atoms with van der Waals surface area (Å²) in [6.07, 6.45) is 1.24. The van der Waals surface area contributed by atoms with Crippen molar-refractivity contribution < 1.29 is 85.9 Å². The maximum atomic E-state index is 14.1. The van der Waals surface area contributed by atoms with Gasteiger partial charge in [0.25, 0.3) is 0 Å². The van der Waals surface area contributed by atoms with Gasteiger partial charge in [-0.25, -0.2) is 0 Å². The van der Waals surface area contributed by atoms with Gasteiger partial charge < -0.3 is 24.1 Å². The Morgan fingerprint density at radius 2 is 1.22 bits per heavy atom. The highest BCUT2D eigenvalue weighted by atomic mass is 19.4. The summed E-state index contributed by atoms with van der Waals surface area (Å²) in [4.78, 5) is 11.0. The third-order valence-electron chi connectivity index (χ3n) is 10.0. The lowest BCUT2D eigenvalue weighted by atomic mass is 9.92. The smallest absolute Gasteiger partial charge is 0.460 e. The molecular weight excluding hydrogens is 811 g/mol. The van der Waals surface area contributed by atoms with Crippen molar-refractivity contribution in [2.45, 2.75) is 190 Å². The van der Waals surface area contributed by atoms with Crippen LogP contribution in [0.2, 0.25) is 0 Å². The molecule has 4 atom stereocenters. The summed E-state index contributed by atoms with van der Waals surface area (Å²) in [5.41, 5.74) is 0.616. The fraction of sp³-hybridized carbons (Fsp3) is 0.821. The van der Waals surface area contributed by atoms with Crippen molar-refractivity contribution in [2.24, 2.45) is 0 Å². The molecule has 1 aliphatic heterocycles. The van der Waals surface area contributed by atoms with Crippen molar-refractivity contribution >= 4 is 5.97 Å². The van der Waals surface area contributed by atoms with Gasteiger partial charge in [0, 0.05) is 13.3 Å². The lowest BCUT2D eigenvalue weighted by Crippen LogP contribution is -2.70. The van der Waals surface area contributed by atoms with Crippen LogP contribution in [0, 0.1) is 0 Å². The Balaban J connectivity index is 1.95. The number of aliphatic hydroxyl groups is 1. The van der Waals surface area contributed by atoms with Gasteiger partial charge in [-0.2, -0.15) is 57.1 Å². The highest BCUT2D eigenvalue weighted by Gasteiger charge is 2.90. The number of carbonyl (C=O) groups is 1. The Hall–Kier alpha value is -2.54. The number of unbranched alkanes of at least 4 members (excludes halogenated alkanes) is 9. The number of halogens is 13. The molecule has 1 saturated heterocycles. The number of alkyl halides is 13. The van der Waals surface area contributed by atoms with E-state index < -0.39 is 73.4 Å². The molecule has 6 nitrogen and oxygen atoms in total. The molecule has 0 aromatic heterocycles. The van der Waals surface area contributed by atoms with E-state index >= 15 is 0 Å². The number of carbonyl (C=O) groups excluding carboxylic acids is 1. The zero-order valence-electron chi connectivity index (χ0n) is 32.7. The van der Waals surface area contributed by atoms with E-state index in [2.05, 4.69) is 6.92 Å². The highest BCUT2D eigenvalue weighted by Crippen LogP contribution is 2.60. The molecule has 19 heteroatoms. The van der Waals surface area contributed by atoms with Crippen LogP contribution in [-0.2, 0) is 25.6 Å². The second kappa shape index (κ2) is 22.9. The largest absolute Gasteiger partial charge is 0.494 e. The summed E-state index contributed by atoms with van der Waals surface area (Å²) < 4.78 is 196. The van der Waals surface area contributed by atoms with Gasteiger partial charge in [0.2, 0.25) is 0 Å². The molecule has 0 bridgehead atoms. The third-order valence-corrected chi connectivity index (χ3v) is 10.0. The minimum Gasteiger partial charge on any atom is -0.494 e. The molecule has 1 aromatic rings. The Bertz CT molecular complexity index is 1330. The predicted octanol–water partition coefficient (Wildman–Crippen LogP) is 12.0. The topological polar surface area (TPSA) is 74.2 Å². The van der Waals surface area contributed by atoms with Gasteiger partial charge in [0.05, 0.1) is 44.2 Å². The van der Waals surface area contributed by atoms with E-state index in [9.17, 15) is 67.0 Å². The van der Waals surface area contributed by atoms with E-state index in [-0.39, 0.29) is 31.2 Å². The summed E-state index contributed by atoms with van der Waals surface area (Å²) >= 11 is 0. The maximum Gasteiger partial charge on any atom is 0.460 e. The minimum absolute atomic E-state index is 0.0212. The summed E-state index contributed by atoms with van der Waals surface area (Å²) in [5.74, 6) is -37.4. The van der Waals surface area contributed by atoms with Crippen LogP contribution < -0.4 is 4.74 Å². The quantitative estimate of drug-likeness (QED) is 0.0491. The summed E-state index contributed by atoms with van der Waals surface area (Å²) in [5, 5.41) is 10.7. The van der Waals surface area contributed by atoms with Crippen LogP contribution >= 0.6 is 0 Å². The number of benzene rings is 1. The van der Waals surface area contributed by atoms with E-state index in [0.717, 1.165) is 25.7 Å². The molecule has 58 heavy (non-hydrogen) atoms. The summed E-state index contributed by atoms with van der Waals surface area (Å²) in [7, 11) is 0. The molecule has 1 N–H and O–H groups in total. The molecule has 338 valence electrons. The van der Waals surface area contributed by atoms with Crippen LogP contribution in [0.1, 0.15) is 129 Å². The Labute approximate surface area is 330 Å². The second-order valence-electron chi connectivity index (χ2n) is 14.8. The molecule has 2 unspecified atom stereocenters. The zero-order valence-corrected chi connectivity index (χ0v) is 32.7. The van der Waals surface area contributed by atoms with E-state index in [1.807, 2.05) is 0 Å². The van der Waals surface area contributed by atoms with Gasteiger partial charge in [-0.05, 0) is 56.2 Å². The van der Waals surface area contributed by atoms with Crippen molar-refractivity contribution in [3.63, 3.8) is 0 Å². The summed E-state index contributed by atoms with van der Waals surface area (Å²) in [6.45, 7) is 2.86. The van der Waals surface area contributed by atoms with Crippen molar-refractivity contribution in [1.29, 1.82) is 0 Å². The third kappa shape index (κ3) is 14.3. The van der Waals surface area contributed by atoms with Crippen LogP contribution in [-0.4, -0.2) is 84.5 Å². The molecule has 1 aliphatic rings. The van der Waals surface area contributed by atoms with Crippen LogP contribution in [0.4, 0.5) is 57.1 Å². The van der Waals surface area contributed by atoms with Crippen LogP contribution in [0.15, 0.2) is 24.3 Å². The summed E-state index contributed by atoms with van der Waals surface area (Å²) in [6, 6.07) is 5.71. The first kappa shape index (κ1) is 51.6. The lowest BCUT2D eigenvalue weighted by Gasteiger charge is -2.39. The average molecular weight is 867 g/mol. The molecule has 0 radical (unpaired) electrons. The van der Waals surface area contributed by atoms with E-state index in [4.69, 9.17) is 18.9 Å². The highest BCUT2D eigenvalue weighted by molar-refractivity contribution is 5.65. The molecule has 1 heterocycles. The first-order valence-electron chi connectivity index (χ1n) is 19.7. The van der Waals surface area contributed by atoms with E-state index in [1.54, 1.807) is 0 Å². The molecule has 1 aromatic carbocycles. The predicted molar refractivity (Wildman–Crippen MR) is 187 cm³/mol. The van der Waals surface area contributed by atoms with Gasteiger partial charge in [0.15, 0.2) is 0 Å². The lowest BCUT2D eigenvalue weighted by molar-refractivity contribution is -0.440. The molecule has 1 fully saturated rings. The number of ether oxygens (including phenoxy) is 4. The molecular formula is C39H55F13O6. The number of esters is 1. The van der Waals surface area contributed by atoms with Gasteiger partial charge >= 0.3 is 41.8 Å². The molecule has 0 amide bonds. The Morgan fingerprint density at radius 3 is 1.78 bits per heavy atom. The van der Waals surface area contributed by atoms with Crippen molar-refractivity contribution in [2.75, 3.05) is 13.2 Å². The van der Waals surface area contributed by atoms with Crippen molar-refractivity contribution in [1.82, 2.24) is 0 Å². The number of aliphatic hydroxyl groups excluding tert-OH is 1. The standard InChI is InChI=1S/C39H55F13O6/c1-3-4-5-6-7-8-9-10-11-12-16-32(33-22-21-31(58-33)30(54)15-13-24-55-27(2)53)57-26-28-17-19-29(20-18-28)56-25-14-23-34(40,41)35(42,43)36(44,45)37(46,47)38(48,49)39(50,51)52/h17-20,30-33,54H,3-16,21-26H2,1-2H3/t30-,31+,32?,33?/m1/s1.